The van der Waals surface area contributed by atoms with Crippen LogP contribution in [0.2, 0.25) is 5.02 Å². The van der Waals surface area contributed by atoms with Crippen LogP contribution in [0.5, 0.6) is 0 Å². The van der Waals surface area contributed by atoms with E-state index in [1.54, 1.807) is 6.07 Å². The monoisotopic (exact) mass is 326 g/mol. The van der Waals surface area contributed by atoms with Gasteiger partial charge in [-0.25, -0.2) is 0 Å². The van der Waals surface area contributed by atoms with E-state index >= 15 is 0 Å². The molecular weight excluding hydrogens is 308 g/mol. The zero-order chi connectivity index (χ0) is 16.6. The SMILES string of the molecule is CCn1c(C(=O)Nc2ccc(C)c(Cl)c2)c(C)c2ccccc21. The third-order valence-corrected chi connectivity index (χ3v) is 4.59. The molecule has 2 aromatic carbocycles. The lowest BCUT2D eigenvalue weighted by atomic mass is 10.1. The predicted molar refractivity (Wildman–Crippen MR) is 96.5 cm³/mol. The van der Waals surface area contributed by atoms with Gasteiger partial charge in [0.25, 0.3) is 5.91 Å². The van der Waals surface area contributed by atoms with Gasteiger partial charge in [0.05, 0.1) is 0 Å². The number of hydrogen-bond donors (Lipinski definition) is 1. The standard InChI is InChI=1S/C19H19ClN2O/c1-4-22-17-8-6-5-7-15(17)13(3)18(22)19(23)21-14-10-9-12(2)16(20)11-14/h5-11H,4H2,1-3H3,(H,21,23). The Morgan fingerprint density at radius 1 is 1.17 bits per heavy atom. The van der Waals surface area contributed by atoms with E-state index in [9.17, 15) is 4.79 Å². The number of aryl methyl sites for hydroxylation is 3. The molecule has 0 aliphatic carbocycles. The number of nitrogens with zero attached hydrogens (tertiary/aromatic N) is 1. The minimum Gasteiger partial charge on any atom is -0.337 e. The number of amides is 1. The van der Waals surface area contributed by atoms with Crippen LogP contribution in [-0.4, -0.2) is 10.5 Å². The number of carbonyl (C=O) groups excluding carboxylic acids is 1. The van der Waals surface area contributed by atoms with Gasteiger partial charge in [-0.1, -0.05) is 35.9 Å². The summed E-state index contributed by atoms with van der Waals surface area (Å²) in [6.45, 7) is 6.72. The van der Waals surface area contributed by atoms with E-state index in [2.05, 4.69) is 16.0 Å². The van der Waals surface area contributed by atoms with Crippen molar-refractivity contribution in [3.8, 4) is 0 Å². The molecule has 0 saturated carbocycles. The lowest BCUT2D eigenvalue weighted by molar-refractivity contribution is 0.101. The third kappa shape index (κ3) is 2.73. The quantitative estimate of drug-likeness (QED) is 0.706. The maximum atomic E-state index is 12.8. The van der Waals surface area contributed by atoms with Crippen LogP contribution in [0, 0.1) is 13.8 Å². The van der Waals surface area contributed by atoms with Crippen LogP contribution < -0.4 is 5.32 Å². The number of rotatable bonds is 3. The van der Waals surface area contributed by atoms with Crippen LogP contribution in [-0.2, 0) is 6.54 Å². The minimum absolute atomic E-state index is 0.111. The highest BCUT2D eigenvalue weighted by Crippen LogP contribution is 2.27. The van der Waals surface area contributed by atoms with Gasteiger partial charge >= 0.3 is 0 Å². The normalized spacial score (nSPS) is 11.0. The first-order chi connectivity index (χ1) is 11.0. The van der Waals surface area contributed by atoms with Gasteiger partial charge in [-0.3, -0.25) is 4.79 Å². The largest absolute Gasteiger partial charge is 0.337 e. The summed E-state index contributed by atoms with van der Waals surface area (Å²) in [6, 6.07) is 13.6. The maximum Gasteiger partial charge on any atom is 0.272 e. The first kappa shape index (κ1) is 15.6. The summed E-state index contributed by atoms with van der Waals surface area (Å²) in [4.78, 5) is 12.8. The number of fused-ring (bicyclic) bond motifs is 1. The zero-order valence-electron chi connectivity index (χ0n) is 13.5. The molecule has 23 heavy (non-hydrogen) atoms. The topological polar surface area (TPSA) is 34.0 Å². The van der Waals surface area contributed by atoms with Crippen molar-refractivity contribution < 1.29 is 4.79 Å². The Kier molecular flexibility index (Phi) is 4.14. The number of benzene rings is 2. The Bertz CT molecular complexity index is 896. The Morgan fingerprint density at radius 3 is 2.61 bits per heavy atom. The summed E-state index contributed by atoms with van der Waals surface area (Å²) in [7, 11) is 0. The van der Waals surface area contributed by atoms with Gasteiger partial charge in [-0.05, 0) is 50.1 Å². The van der Waals surface area contributed by atoms with Crippen molar-refractivity contribution in [1.82, 2.24) is 4.57 Å². The highest BCUT2D eigenvalue weighted by Gasteiger charge is 2.19. The molecule has 118 valence electrons. The van der Waals surface area contributed by atoms with Gasteiger partial charge in [0.15, 0.2) is 0 Å². The van der Waals surface area contributed by atoms with Gasteiger partial charge in [0.1, 0.15) is 5.69 Å². The molecule has 0 radical (unpaired) electrons. The molecular formula is C19H19ClN2O. The van der Waals surface area contributed by atoms with E-state index in [1.165, 1.54) is 0 Å². The molecule has 0 saturated heterocycles. The molecule has 0 unspecified atom stereocenters. The first-order valence-corrected chi connectivity index (χ1v) is 8.06. The molecule has 1 N–H and O–H groups in total. The molecule has 1 aromatic heterocycles. The van der Waals surface area contributed by atoms with Gasteiger partial charge in [0.2, 0.25) is 0 Å². The van der Waals surface area contributed by atoms with Gasteiger partial charge < -0.3 is 9.88 Å². The van der Waals surface area contributed by atoms with Crippen molar-refractivity contribution in [2.45, 2.75) is 27.3 Å². The number of aromatic nitrogens is 1. The second kappa shape index (κ2) is 6.09. The van der Waals surface area contributed by atoms with Crippen LogP contribution in [0.25, 0.3) is 10.9 Å². The van der Waals surface area contributed by atoms with E-state index in [4.69, 9.17) is 11.6 Å². The fourth-order valence-corrected chi connectivity index (χ4v) is 3.14. The van der Waals surface area contributed by atoms with Gasteiger partial charge in [-0.15, -0.1) is 0 Å². The molecule has 0 bridgehead atoms. The van der Waals surface area contributed by atoms with Crippen molar-refractivity contribution >= 4 is 34.1 Å². The second-order valence-electron chi connectivity index (χ2n) is 5.65. The fraction of sp³-hybridized carbons (Fsp3) is 0.211. The van der Waals surface area contributed by atoms with E-state index in [0.29, 0.717) is 16.4 Å². The van der Waals surface area contributed by atoms with Crippen molar-refractivity contribution in [2.75, 3.05) is 5.32 Å². The summed E-state index contributed by atoms with van der Waals surface area (Å²) in [5, 5.41) is 4.72. The van der Waals surface area contributed by atoms with Crippen molar-refractivity contribution in [2.24, 2.45) is 0 Å². The predicted octanol–water partition coefficient (Wildman–Crippen LogP) is 5.18. The molecule has 0 atom stereocenters. The number of halogens is 1. The van der Waals surface area contributed by atoms with Gasteiger partial charge in [0, 0.05) is 28.2 Å². The smallest absolute Gasteiger partial charge is 0.272 e. The molecule has 3 nitrogen and oxygen atoms in total. The molecule has 1 heterocycles. The van der Waals surface area contributed by atoms with Crippen LogP contribution in [0.15, 0.2) is 42.5 Å². The van der Waals surface area contributed by atoms with E-state index < -0.39 is 0 Å². The molecule has 0 aliphatic rings. The molecule has 0 fully saturated rings. The Balaban J connectivity index is 2.03. The van der Waals surface area contributed by atoms with Gasteiger partial charge in [-0.2, -0.15) is 0 Å². The Morgan fingerprint density at radius 2 is 1.91 bits per heavy atom. The average molecular weight is 327 g/mol. The van der Waals surface area contributed by atoms with Crippen molar-refractivity contribution in [1.29, 1.82) is 0 Å². The molecule has 3 aromatic rings. The molecule has 1 amide bonds. The van der Waals surface area contributed by atoms with Crippen molar-refractivity contribution in [3.05, 3.63) is 64.3 Å². The second-order valence-corrected chi connectivity index (χ2v) is 6.06. The van der Waals surface area contributed by atoms with E-state index in [-0.39, 0.29) is 5.91 Å². The van der Waals surface area contributed by atoms with Crippen LogP contribution in [0.3, 0.4) is 0 Å². The molecule has 4 heteroatoms. The van der Waals surface area contributed by atoms with Crippen molar-refractivity contribution in [3.63, 3.8) is 0 Å². The third-order valence-electron chi connectivity index (χ3n) is 4.18. The number of nitrogens with one attached hydrogen (secondary N) is 1. The summed E-state index contributed by atoms with van der Waals surface area (Å²) in [5.41, 5.74) is 4.48. The number of carbonyl (C=O) groups is 1. The summed E-state index contributed by atoms with van der Waals surface area (Å²) >= 11 is 6.14. The summed E-state index contributed by atoms with van der Waals surface area (Å²) < 4.78 is 2.05. The zero-order valence-corrected chi connectivity index (χ0v) is 14.2. The minimum atomic E-state index is -0.111. The van der Waals surface area contributed by atoms with Crippen LogP contribution in [0.1, 0.15) is 28.5 Å². The van der Waals surface area contributed by atoms with E-state index in [1.807, 2.05) is 51.1 Å². The summed E-state index contributed by atoms with van der Waals surface area (Å²) in [6.07, 6.45) is 0. The highest BCUT2D eigenvalue weighted by molar-refractivity contribution is 6.31. The number of anilines is 1. The Labute approximate surface area is 140 Å². The first-order valence-electron chi connectivity index (χ1n) is 7.68. The fourth-order valence-electron chi connectivity index (χ4n) is 2.96. The van der Waals surface area contributed by atoms with Crippen LogP contribution in [0.4, 0.5) is 5.69 Å². The molecule has 0 spiro atoms. The maximum absolute atomic E-state index is 12.8. The number of hydrogen-bond acceptors (Lipinski definition) is 1. The molecule has 3 rings (SSSR count). The Hall–Kier alpha value is -2.26. The highest BCUT2D eigenvalue weighted by atomic mass is 35.5. The van der Waals surface area contributed by atoms with E-state index in [0.717, 1.165) is 28.6 Å². The number of para-hydroxylation sites is 1. The van der Waals surface area contributed by atoms with Crippen LogP contribution >= 0.6 is 11.6 Å². The summed E-state index contributed by atoms with van der Waals surface area (Å²) in [5.74, 6) is -0.111. The lowest BCUT2D eigenvalue weighted by Gasteiger charge is -2.10. The molecule has 0 aliphatic heterocycles. The lowest BCUT2D eigenvalue weighted by Crippen LogP contribution is -2.17. The average Bonchev–Trinajstić information content (AvgIpc) is 2.83.